The molecule has 0 atom stereocenters. The van der Waals surface area contributed by atoms with Crippen LogP contribution < -0.4 is 5.73 Å². The standard InChI is InChI=1S/C20H17N5OS.CH2O2/c1-12-5-8-27-18(12)17-14(9-21)19(22)24-16-4-7-25(11-15(16)17)20(26)13-3-2-6-23-10-13;2-1-3/h2-3,5-6,8,10H,4,7,11H2,1H3,(H2,22,24);1H,(H,2,3). The number of rotatable bonds is 2. The normalized spacial score (nSPS) is 12.2. The Kier molecular flexibility index (Phi) is 6.39. The number of carboxylic acid groups (broad SMARTS) is 1. The van der Waals surface area contributed by atoms with Crippen molar-refractivity contribution in [2.75, 3.05) is 12.3 Å². The molecule has 0 unspecified atom stereocenters. The second-order valence-electron chi connectivity index (χ2n) is 6.54. The van der Waals surface area contributed by atoms with Gasteiger partial charge in [0.15, 0.2) is 0 Å². The monoisotopic (exact) mass is 421 g/mol. The molecule has 8 nitrogen and oxygen atoms in total. The number of thiophene rings is 1. The summed E-state index contributed by atoms with van der Waals surface area (Å²) in [5.74, 6) is 0.184. The lowest BCUT2D eigenvalue weighted by atomic mass is 9.93. The maximum Gasteiger partial charge on any atom is 0.290 e. The van der Waals surface area contributed by atoms with Crippen LogP contribution >= 0.6 is 11.3 Å². The van der Waals surface area contributed by atoms with Gasteiger partial charge in [-0.2, -0.15) is 5.26 Å². The number of hydrogen-bond donors (Lipinski definition) is 2. The number of hydrogen-bond acceptors (Lipinski definition) is 7. The molecule has 0 aliphatic carbocycles. The Morgan fingerprint density at radius 2 is 2.20 bits per heavy atom. The zero-order valence-corrected chi connectivity index (χ0v) is 17.0. The molecule has 1 aliphatic heterocycles. The summed E-state index contributed by atoms with van der Waals surface area (Å²) >= 11 is 1.57. The van der Waals surface area contributed by atoms with Crippen molar-refractivity contribution < 1.29 is 14.7 Å². The highest BCUT2D eigenvalue weighted by atomic mass is 32.1. The molecule has 4 heterocycles. The van der Waals surface area contributed by atoms with Gasteiger partial charge < -0.3 is 15.7 Å². The number of nitriles is 1. The summed E-state index contributed by atoms with van der Waals surface area (Å²) in [6.07, 6.45) is 3.82. The van der Waals surface area contributed by atoms with E-state index in [1.165, 1.54) is 0 Å². The van der Waals surface area contributed by atoms with E-state index in [9.17, 15) is 10.1 Å². The topological polar surface area (TPSA) is 133 Å². The number of nitrogens with two attached hydrogens (primary N) is 1. The summed E-state index contributed by atoms with van der Waals surface area (Å²) < 4.78 is 0. The van der Waals surface area contributed by atoms with Gasteiger partial charge in [0.25, 0.3) is 12.4 Å². The van der Waals surface area contributed by atoms with Crippen molar-refractivity contribution in [2.24, 2.45) is 0 Å². The summed E-state index contributed by atoms with van der Waals surface area (Å²) in [5, 5.41) is 18.6. The smallest absolute Gasteiger partial charge is 0.290 e. The minimum Gasteiger partial charge on any atom is -0.483 e. The van der Waals surface area contributed by atoms with E-state index in [0.29, 0.717) is 30.6 Å². The lowest BCUT2D eigenvalue weighted by Crippen LogP contribution is -2.37. The van der Waals surface area contributed by atoms with Crippen molar-refractivity contribution in [2.45, 2.75) is 19.9 Å². The minimum atomic E-state index is -0.250. The Morgan fingerprint density at radius 1 is 1.43 bits per heavy atom. The van der Waals surface area contributed by atoms with Crippen LogP contribution in [0.5, 0.6) is 0 Å². The SMILES string of the molecule is Cc1ccsc1-c1c(C#N)c(N)nc2c1CN(C(=O)c1cccnc1)CC2.O=CO. The summed E-state index contributed by atoms with van der Waals surface area (Å²) in [7, 11) is 0. The van der Waals surface area contributed by atoms with E-state index in [1.807, 2.05) is 18.4 Å². The molecule has 1 amide bonds. The summed E-state index contributed by atoms with van der Waals surface area (Å²) in [4.78, 5) is 32.5. The second-order valence-corrected chi connectivity index (χ2v) is 7.46. The van der Waals surface area contributed by atoms with Gasteiger partial charge in [0.2, 0.25) is 0 Å². The van der Waals surface area contributed by atoms with Gasteiger partial charge in [0.1, 0.15) is 17.5 Å². The zero-order valence-electron chi connectivity index (χ0n) is 16.2. The first-order valence-electron chi connectivity index (χ1n) is 9.04. The molecule has 0 aromatic carbocycles. The highest BCUT2D eigenvalue weighted by Crippen LogP contribution is 2.39. The van der Waals surface area contributed by atoms with Crippen LogP contribution in [0.2, 0.25) is 0 Å². The average molecular weight is 421 g/mol. The van der Waals surface area contributed by atoms with Gasteiger partial charge in [-0.05, 0) is 36.1 Å². The number of fused-ring (bicyclic) bond motifs is 1. The lowest BCUT2D eigenvalue weighted by molar-refractivity contribution is -0.122. The summed E-state index contributed by atoms with van der Waals surface area (Å²) in [6, 6.07) is 7.74. The number of nitrogens with zero attached hydrogens (tertiary/aromatic N) is 4. The molecule has 0 saturated heterocycles. The number of pyridine rings is 2. The van der Waals surface area contributed by atoms with Crippen molar-refractivity contribution in [1.29, 1.82) is 5.26 Å². The first-order valence-corrected chi connectivity index (χ1v) is 9.92. The fraction of sp³-hybridized carbons (Fsp3) is 0.190. The van der Waals surface area contributed by atoms with Crippen LogP contribution in [0.15, 0.2) is 36.0 Å². The Hall–Kier alpha value is -3.77. The Balaban J connectivity index is 0.000000806. The van der Waals surface area contributed by atoms with E-state index in [0.717, 1.165) is 27.3 Å². The highest BCUT2D eigenvalue weighted by Gasteiger charge is 2.29. The maximum atomic E-state index is 12.9. The van der Waals surface area contributed by atoms with E-state index in [-0.39, 0.29) is 18.2 Å². The Morgan fingerprint density at radius 3 is 2.80 bits per heavy atom. The van der Waals surface area contributed by atoms with Crippen LogP contribution in [0.25, 0.3) is 10.4 Å². The Bertz CT molecular complexity index is 1120. The molecular formula is C21H19N5O3S. The molecular weight excluding hydrogens is 402 g/mol. The molecule has 3 aromatic rings. The van der Waals surface area contributed by atoms with Crippen LogP contribution in [-0.4, -0.2) is 38.9 Å². The zero-order chi connectivity index (χ0) is 21.7. The number of aromatic nitrogens is 2. The van der Waals surface area contributed by atoms with E-state index >= 15 is 0 Å². The summed E-state index contributed by atoms with van der Waals surface area (Å²) in [6.45, 7) is 2.72. The maximum absolute atomic E-state index is 12.9. The molecule has 1 aliphatic rings. The third-order valence-electron chi connectivity index (χ3n) is 4.78. The molecule has 0 spiro atoms. The third kappa shape index (κ3) is 3.99. The van der Waals surface area contributed by atoms with Crippen LogP contribution in [-0.2, 0) is 17.8 Å². The number of amides is 1. The van der Waals surface area contributed by atoms with E-state index < -0.39 is 0 Å². The molecule has 9 heteroatoms. The van der Waals surface area contributed by atoms with E-state index in [4.69, 9.17) is 15.6 Å². The van der Waals surface area contributed by atoms with Crippen LogP contribution in [0.4, 0.5) is 5.82 Å². The quantitative estimate of drug-likeness (QED) is 0.608. The molecule has 4 rings (SSSR count). The predicted molar refractivity (Wildman–Crippen MR) is 113 cm³/mol. The second kappa shape index (κ2) is 9.15. The molecule has 0 saturated carbocycles. The first-order chi connectivity index (χ1) is 14.5. The van der Waals surface area contributed by atoms with Crippen molar-refractivity contribution in [3.8, 4) is 16.5 Å². The molecule has 30 heavy (non-hydrogen) atoms. The minimum absolute atomic E-state index is 0.0714. The number of carbonyl (C=O) groups is 2. The van der Waals surface area contributed by atoms with Crippen molar-refractivity contribution in [1.82, 2.24) is 14.9 Å². The van der Waals surface area contributed by atoms with Gasteiger partial charge in [0.05, 0.1) is 11.3 Å². The van der Waals surface area contributed by atoms with Crippen LogP contribution in [0.1, 0.15) is 32.7 Å². The van der Waals surface area contributed by atoms with Crippen LogP contribution in [0.3, 0.4) is 0 Å². The fourth-order valence-electron chi connectivity index (χ4n) is 3.42. The Labute approximate surface area is 177 Å². The molecule has 3 aromatic heterocycles. The van der Waals surface area contributed by atoms with E-state index in [1.54, 1.807) is 40.8 Å². The van der Waals surface area contributed by atoms with Gasteiger partial charge in [-0.15, -0.1) is 11.3 Å². The van der Waals surface area contributed by atoms with Crippen molar-refractivity contribution >= 4 is 29.5 Å². The van der Waals surface area contributed by atoms with Gasteiger partial charge in [-0.1, -0.05) is 0 Å². The highest BCUT2D eigenvalue weighted by molar-refractivity contribution is 7.13. The summed E-state index contributed by atoms with van der Waals surface area (Å²) in [5.41, 5.74) is 10.7. The average Bonchev–Trinajstić information content (AvgIpc) is 3.18. The first kappa shape index (κ1) is 21.0. The molecule has 0 radical (unpaired) electrons. The van der Waals surface area contributed by atoms with Crippen LogP contribution in [0, 0.1) is 18.3 Å². The van der Waals surface area contributed by atoms with Crippen molar-refractivity contribution in [3.63, 3.8) is 0 Å². The van der Waals surface area contributed by atoms with Gasteiger partial charge in [-0.3, -0.25) is 14.6 Å². The number of anilines is 1. The lowest BCUT2D eigenvalue weighted by Gasteiger charge is -2.30. The molecule has 3 N–H and O–H groups in total. The number of nitrogen functional groups attached to an aromatic ring is 1. The number of carbonyl (C=O) groups excluding carboxylic acids is 1. The van der Waals surface area contributed by atoms with Gasteiger partial charge in [0, 0.05) is 47.9 Å². The third-order valence-corrected chi connectivity index (χ3v) is 5.81. The largest absolute Gasteiger partial charge is 0.483 e. The van der Waals surface area contributed by atoms with Gasteiger partial charge >= 0.3 is 0 Å². The molecule has 0 bridgehead atoms. The van der Waals surface area contributed by atoms with Gasteiger partial charge in [-0.25, -0.2) is 4.98 Å². The fourth-order valence-corrected chi connectivity index (χ4v) is 4.42. The molecule has 152 valence electrons. The molecule has 0 fully saturated rings. The number of aryl methyl sites for hydroxylation is 1. The van der Waals surface area contributed by atoms with Crippen molar-refractivity contribution in [3.05, 3.63) is 63.9 Å². The van der Waals surface area contributed by atoms with E-state index in [2.05, 4.69) is 16.0 Å². The predicted octanol–water partition coefficient (Wildman–Crippen LogP) is 2.87.